The summed E-state index contributed by atoms with van der Waals surface area (Å²) in [6.45, 7) is 3.93. The lowest BCUT2D eigenvalue weighted by Crippen LogP contribution is -2.36. The molecule has 1 saturated carbocycles. The average Bonchev–Trinajstić information content (AvgIpc) is 2.42. The lowest BCUT2D eigenvalue weighted by atomic mass is 9.76. The monoisotopic (exact) mass is 280 g/mol. The molecular formula is C16H24O4. The highest BCUT2D eigenvalue weighted by Gasteiger charge is 2.39. The number of carbonyl (C=O) groups excluding carboxylic acids is 1. The summed E-state index contributed by atoms with van der Waals surface area (Å²) in [6, 6.07) is 0. The second-order valence-corrected chi connectivity index (χ2v) is 6.22. The topological polar surface area (TPSA) is 63.6 Å². The van der Waals surface area contributed by atoms with E-state index in [2.05, 4.69) is 0 Å². The third-order valence-corrected chi connectivity index (χ3v) is 4.72. The van der Waals surface area contributed by atoms with Gasteiger partial charge in [-0.25, -0.2) is 0 Å². The molecule has 112 valence electrons. The van der Waals surface area contributed by atoms with E-state index >= 15 is 0 Å². The van der Waals surface area contributed by atoms with Gasteiger partial charge < -0.3 is 9.84 Å². The smallest absolute Gasteiger partial charge is 0.310 e. The fraction of sp³-hybridized carbons (Fsp3) is 0.750. The fourth-order valence-electron chi connectivity index (χ4n) is 3.23. The van der Waals surface area contributed by atoms with Crippen LogP contribution in [0, 0.1) is 11.8 Å². The predicted molar refractivity (Wildman–Crippen MR) is 75.2 cm³/mol. The Morgan fingerprint density at radius 2 is 1.55 bits per heavy atom. The summed E-state index contributed by atoms with van der Waals surface area (Å²) in [7, 11) is 0. The molecule has 0 aliphatic heterocycles. The number of hydrogen-bond acceptors (Lipinski definition) is 3. The molecule has 0 bridgehead atoms. The van der Waals surface area contributed by atoms with Gasteiger partial charge in [-0.3, -0.25) is 9.59 Å². The van der Waals surface area contributed by atoms with Crippen LogP contribution in [-0.4, -0.2) is 23.1 Å². The molecule has 2 unspecified atom stereocenters. The van der Waals surface area contributed by atoms with Gasteiger partial charge >= 0.3 is 11.9 Å². The Morgan fingerprint density at radius 1 is 1.00 bits per heavy atom. The van der Waals surface area contributed by atoms with Crippen molar-refractivity contribution < 1.29 is 19.4 Å². The Morgan fingerprint density at radius 3 is 2.10 bits per heavy atom. The Bertz CT molecular complexity index is 418. The molecule has 0 aromatic heterocycles. The first-order chi connectivity index (χ1) is 9.49. The zero-order valence-electron chi connectivity index (χ0n) is 12.4. The number of rotatable bonds is 3. The molecule has 0 radical (unpaired) electrons. The van der Waals surface area contributed by atoms with Crippen LogP contribution in [0.25, 0.3) is 0 Å². The molecule has 1 fully saturated rings. The van der Waals surface area contributed by atoms with Gasteiger partial charge in [0.1, 0.15) is 6.10 Å². The first kappa shape index (κ1) is 15.1. The van der Waals surface area contributed by atoms with Gasteiger partial charge in [0, 0.05) is 0 Å². The SMILES string of the molecule is CC1=C(C)CC(C(=O)OC2CCCCC2)C(C(=O)O)C1. The van der Waals surface area contributed by atoms with Crippen LogP contribution in [-0.2, 0) is 14.3 Å². The number of carboxylic acid groups (broad SMARTS) is 1. The van der Waals surface area contributed by atoms with Crippen LogP contribution in [0.2, 0.25) is 0 Å². The summed E-state index contributed by atoms with van der Waals surface area (Å²) in [5, 5.41) is 9.34. The maximum Gasteiger partial charge on any atom is 0.310 e. The Kier molecular flexibility index (Phi) is 4.84. The fourth-order valence-corrected chi connectivity index (χ4v) is 3.23. The van der Waals surface area contributed by atoms with E-state index in [1.807, 2.05) is 13.8 Å². The number of ether oxygens (including phenoxy) is 1. The van der Waals surface area contributed by atoms with Crippen LogP contribution < -0.4 is 0 Å². The van der Waals surface area contributed by atoms with Crippen LogP contribution in [0.3, 0.4) is 0 Å². The third-order valence-electron chi connectivity index (χ3n) is 4.72. The summed E-state index contributed by atoms with van der Waals surface area (Å²) in [4.78, 5) is 23.7. The molecule has 2 atom stereocenters. The van der Waals surface area contributed by atoms with Crippen molar-refractivity contribution in [2.24, 2.45) is 11.8 Å². The number of esters is 1. The molecule has 0 aromatic carbocycles. The van der Waals surface area contributed by atoms with E-state index in [0.717, 1.165) is 36.8 Å². The van der Waals surface area contributed by atoms with Gasteiger partial charge in [0.25, 0.3) is 0 Å². The van der Waals surface area contributed by atoms with Gasteiger partial charge in [-0.05, 0) is 52.4 Å². The van der Waals surface area contributed by atoms with E-state index in [-0.39, 0.29) is 12.1 Å². The Balaban J connectivity index is 2.04. The van der Waals surface area contributed by atoms with E-state index in [1.165, 1.54) is 6.42 Å². The van der Waals surface area contributed by atoms with E-state index < -0.39 is 17.8 Å². The van der Waals surface area contributed by atoms with Gasteiger partial charge in [-0.2, -0.15) is 0 Å². The van der Waals surface area contributed by atoms with Crippen LogP contribution in [0.4, 0.5) is 0 Å². The normalized spacial score (nSPS) is 28.3. The summed E-state index contributed by atoms with van der Waals surface area (Å²) in [5.74, 6) is -2.34. The molecular weight excluding hydrogens is 256 g/mol. The highest BCUT2D eigenvalue weighted by atomic mass is 16.5. The van der Waals surface area contributed by atoms with Crippen LogP contribution in [0.5, 0.6) is 0 Å². The van der Waals surface area contributed by atoms with Gasteiger partial charge in [-0.1, -0.05) is 17.6 Å². The van der Waals surface area contributed by atoms with Crippen LogP contribution >= 0.6 is 0 Å². The van der Waals surface area contributed by atoms with Crippen molar-refractivity contribution in [3.8, 4) is 0 Å². The van der Waals surface area contributed by atoms with Crippen molar-refractivity contribution in [1.29, 1.82) is 0 Å². The van der Waals surface area contributed by atoms with Crippen molar-refractivity contribution in [3.63, 3.8) is 0 Å². The number of carbonyl (C=O) groups is 2. The molecule has 4 heteroatoms. The highest BCUT2D eigenvalue weighted by Crippen LogP contribution is 2.35. The third kappa shape index (κ3) is 3.41. The summed E-state index contributed by atoms with van der Waals surface area (Å²) in [6.07, 6.45) is 6.23. The number of aliphatic carboxylic acids is 1. The molecule has 2 rings (SSSR count). The Hall–Kier alpha value is -1.32. The molecule has 2 aliphatic carbocycles. The quantitative estimate of drug-likeness (QED) is 0.636. The molecule has 2 aliphatic rings. The maximum atomic E-state index is 12.3. The standard InChI is InChI=1S/C16H24O4/c1-10-8-13(15(17)18)14(9-11(10)2)16(19)20-12-6-4-3-5-7-12/h12-14H,3-9H2,1-2H3,(H,17,18). The van der Waals surface area contributed by atoms with Crippen molar-refractivity contribution in [1.82, 2.24) is 0 Å². The zero-order chi connectivity index (χ0) is 14.7. The summed E-state index contributed by atoms with van der Waals surface area (Å²) >= 11 is 0. The molecule has 0 aromatic rings. The lowest BCUT2D eigenvalue weighted by molar-refractivity contribution is -0.163. The van der Waals surface area contributed by atoms with Crippen molar-refractivity contribution >= 4 is 11.9 Å². The molecule has 20 heavy (non-hydrogen) atoms. The molecule has 0 spiro atoms. The van der Waals surface area contributed by atoms with Gasteiger partial charge in [0.05, 0.1) is 11.8 Å². The zero-order valence-corrected chi connectivity index (χ0v) is 12.4. The number of allylic oxidation sites excluding steroid dienone is 2. The van der Waals surface area contributed by atoms with E-state index in [4.69, 9.17) is 4.74 Å². The van der Waals surface area contributed by atoms with Crippen molar-refractivity contribution in [2.75, 3.05) is 0 Å². The van der Waals surface area contributed by atoms with E-state index in [0.29, 0.717) is 12.8 Å². The predicted octanol–water partition coefficient (Wildman–Crippen LogP) is 3.31. The molecule has 0 saturated heterocycles. The maximum absolute atomic E-state index is 12.3. The minimum atomic E-state index is -0.887. The molecule has 0 amide bonds. The summed E-state index contributed by atoms with van der Waals surface area (Å²) in [5.41, 5.74) is 2.23. The average molecular weight is 280 g/mol. The van der Waals surface area contributed by atoms with Crippen molar-refractivity contribution in [3.05, 3.63) is 11.1 Å². The Labute approximate surface area is 120 Å². The molecule has 0 heterocycles. The molecule has 4 nitrogen and oxygen atoms in total. The van der Waals surface area contributed by atoms with Crippen LogP contribution in [0.1, 0.15) is 58.8 Å². The first-order valence-corrected chi connectivity index (χ1v) is 7.57. The second-order valence-electron chi connectivity index (χ2n) is 6.22. The molecule has 1 N–H and O–H groups in total. The minimum absolute atomic E-state index is 0.00185. The number of hydrogen-bond donors (Lipinski definition) is 1. The van der Waals surface area contributed by atoms with E-state index in [1.54, 1.807) is 0 Å². The lowest BCUT2D eigenvalue weighted by Gasteiger charge is -2.31. The number of carboxylic acids is 1. The van der Waals surface area contributed by atoms with Gasteiger partial charge in [0.2, 0.25) is 0 Å². The van der Waals surface area contributed by atoms with Gasteiger partial charge in [0.15, 0.2) is 0 Å². The minimum Gasteiger partial charge on any atom is -0.481 e. The van der Waals surface area contributed by atoms with E-state index in [9.17, 15) is 14.7 Å². The largest absolute Gasteiger partial charge is 0.481 e. The highest BCUT2D eigenvalue weighted by molar-refractivity contribution is 5.82. The van der Waals surface area contributed by atoms with Crippen LogP contribution in [0.15, 0.2) is 11.1 Å². The first-order valence-electron chi connectivity index (χ1n) is 7.57. The second kappa shape index (κ2) is 6.42. The van der Waals surface area contributed by atoms with Gasteiger partial charge in [-0.15, -0.1) is 0 Å². The van der Waals surface area contributed by atoms with Crippen molar-refractivity contribution in [2.45, 2.75) is 64.9 Å². The summed E-state index contributed by atoms with van der Waals surface area (Å²) < 4.78 is 5.57.